The molecule has 2 aromatic rings. The Kier molecular flexibility index (Phi) is 3.05. The van der Waals surface area contributed by atoms with E-state index in [1.54, 1.807) is 0 Å². The van der Waals surface area contributed by atoms with Crippen LogP contribution >= 0.6 is 0 Å². The van der Waals surface area contributed by atoms with Crippen LogP contribution in [0.15, 0.2) is 41.3 Å². The molecule has 0 fully saturated rings. The first-order valence-electron chi connectivity index (χ1n) is 4.85. The van der Waals surface area contributed by atoms with Crippen molar-refractivity contribution in [3.63, 3.8) is 0 Å². The molecule has 0 bridgehead atoms. The molecule has 0 spiro atoms. The van der Waals surface area contributed by atoms with Crippen LogP contribution in [0.3, 0.4) is 0 Å². The lowest BCUT2D eigenvalue weighted by atomic mass is 10.2. The molecule has 0 amide bonds. The minimum atomic E-state index is -4.38. The lowest BCUT2D eigenvalue weighted by Gasteiger charge is -2.08. The van der Waals surface area contributed by atoms with Gasteiger partial charge in [-0.05, 0) is 24.3 Å². The van der Waals surface area contributed by atoms with Crippen LogP contribution < -0.4 is 10.3 Å². The largest absolute Gasteiger partial charge is 0.455 e. The second kappa shape index (κ2) is 4.52. The van der Waals surface area contributed by atoms with Gasteiger partial charge >= 0.3 is 6.18 Å². The summed E-state index contributed by atoms with van der Waals surface area (Å²) in [6.45, 7) is 0. The quantitative estimate of drug-likeness (QED) is 0.898. The first-order chi connectivity index (χ1) is 8.45. The molecule has 1 heterocycles. The number of nitrogens with zero attached hydrogens (tertiary/aromatic N) is 1. The SMILES string of the molecule is O=c1cc(Oc2ccc(C(F)(F)F)cc2)cn[nH]1. The zero-order chi connectivity index (χ0) is 13.2. The van der Waals surface area contributed by atoms with Gasteiger partial charge in [0.05, 0.1) is 11.8 Å². The van der Waals surface area contributed by atoms with Crippen molar-refractivity contribution in [1.82, 2.24) is 10.2 Å². The normalized spacial score (nSPS) is 11.3. The molecule has 18 heavy (non-hydrogen) atoms. The van der Waals surface area contributed by atoms with E-state index in [0.29, 0.717) is 0 Å². The predicted octanol–water partition coefficient (Wildman–Crippen LogP) is 2.58. The Morgan fingerprint density at radius 1 is 1.11 bits per heavy atom. The van der Waals surface area contributed by atoms with E-state index < -0.39 is 17.3 Å². The zero-order valence-electron chi connectivity index (χ0n) is 8.86. The van der Waals surface area contributed by atoms with Gasteiger partial charge in [-0.2, -0.15) is 18.3 Å². The molecule has 7 heteroatoms. The Hall–Kier alpha value is -2.31. The van der Waals surface area contributed by atoms with E-state index in [9.17, 15) is 18.0 Å². The number of rotatable bonds is 2. The molecule has 1 aromatic carbocycles. The van der Waals surface area contributed by atoms with E-state index in [1.807, 2.05) is 0 Å². The predicted molar refractivity (Wildman–Crippen MR) is 56.4 cm³/mol. The number of halogens is 3. The van der Waals surface area contributed by atoms with Crippen molar-refractivity contribution in [3.8, 4) is 11.5 Å². The minimum absolute atomic E-state index is 0.151. The van der Waals surface area contributed by atoms with E-state index in [-0.39, 0.29) is 11.5 Å². The van der Waals surface area contributed by atoms with E-state index >= 15 is 0 Å². The molecule has 1 N–H and O–H groups in total. The summed E-state index contributed by atoms with van der Waals surface area (Å²) in [6.07, 6.45) is -3.14. The number of aromatic nitrogens is 2. The number of alkyl halides is 3. The summed E-state index contributed by atoms with van der Waals surface area (Å²) in [5.41, 5.74) is -1.22. The molecule has 1 aromatic heterocycles. The van der Waals surface area contributed by atoms with Gasteiger partial charge in [0.25, 0.3) is 5.56 Å². The van der Waals surface area contributed by atoms with Gasteiger partial charge in [0, 0.05) is 6.07 Å². The number of hydrogen-bond donors (Lipinski definition) is 1. The Bertz CT molecular complexity index is 590. The van der Waals surface area contributed by atoms with Crippen LogP contribution in [-0.4, -0.2) is 10.2 Å². The summed E-state index contributed by atoms with van der Waals surface area (Å²) >= 11 is 0. The van der Waals surface area contributed by atoms with Gasteiger partial charge in [-0.15, -0.1) is 0 Å². The first-order valence-corrected chi connectivity index (χ1v) is 4.85. The monoisotopic (exact) mass is 256 g/mol. The Balaban J connectivity index is 2.19. The molecule has 0 saturated carbocycles. The van der Waals surface area contributed by atoms with E-state index in [0.717, 1.165) is 18.2 Å². The van der Waals surface area contributed by atoms with Gasteiger partial charge in [0.1, 0.15) is 5.75 Å². The molecule has 4 nitrogen and oxygen atoms in total. The van der Waals surface area contributed by atoms with Crippen molar-refractivity contribution in [2.45, 2.75) is 6.18 Å². The smallest absolute Gasteiger partial charge is 0.416 e. The zero-order valence-corrected chi connectivity index (χ0v) is 8.86. The first kappa shape index (κ1) is 12.2. The van der Waals surface area contributed by atoms with E-state index in [2.05, 4.69) is 10.2 Å². The number of aromatic amines is 1. The maximum Gasteiger partial charge on any atom is 0.416 e. The fraction of sp³-hybridized carbons (Fsp3) is 0.0909. The maximum atomic E-state index is 12.3. The number of hydrogen-bond acceptors (Lipinski definition) is 3. The summed E-state index contributed by atoms with van der Waals surface area (Å²) in [6, 6.07) is 5.28. The fourth-order valence-corrected chi connectivity index (χ4v) is 1.26. The third kappa shape index (κ3) is 2.88. The third-order valence-electron chi connectivity index (χ3n) is 2.06. The second-order valence-corrected chi connectivity index (χ2v) is 3.41. The molecule has 2 rings (SSSR count). The van der Waals surface area contributed by atoms with Crippen molar-refractivity contribution in [3.05, 3.63) is 52.4 Å². The molecule has 0 unspecified atom stereocenters. The van der Waals surface area contributed by atoms with Crippen molar-refractivity contribution < 1.29 is 17.9 Å². The highest BCUT2D eigenvalue weighted by atomic mass is 19.4. The molecule has 94 valence electrons. The maximum absolute atomic E-state index is 12.3. The Morgan fingerprint density at radius 3 is 2.33 bits per heavy atom. The summed E-state index contributed by atoms with van der Waals surface area (Å²) in [7, 11) is 0. The van der Waals surface area contributed by atoms with Gasteiger partial charge in [-0.25, -0.2) is 5.10 Å². The summed E-state index contributed by atoms with van der Waals surface area (Å²) in [5.74, 6) is 0.342. The molecule has 0 atom stereocenters. The van der Waals surface area contributed by atoms with Crippen LogP contribution in [0.1, 0.15) is 5.56 Å². The average molecular weight is 256 g/mol. The van der Waals surface area contributed by atoms with Crippen LogP contribution in [-0.2, 0) is 6.18 Å². The number of benzene rings is 1. The standard InChI is InChI=1S/C11H7F3N2O2/c12-11(13,14)7-1-3-8(4-2-7)18-9-5-10(17)16-15-6-9/h1-6H,(H,16,17). The van der Waals surface area contributed by atoms with Crippen LogP contribution in [0, 0.1) is 0 Å². The number of ether oxygens (including phenoxy) is 1. The molecule has 0 radical (unpaired) electrons. The van der Waals surface area contributed by atoms with Gasteiger partial charge in [0.2, 0.25) is 0 Å². The summed E-state index contributed by atoms with van der Waals surface area (Å²) < 4.78 is 42.1. The summed E-state index contributed by atoms with van der Waals surface area (Å²) in [4.78, 5) is 10.9. The number of H-pyrrole nitrogens is 1. The Labute approximate surface area is 99.0 Å². The van der Waals surface area contributed by atoms with Crippen molar-refractivity contribution in [1.29, 1.82) is 0 Å². The van der Waals surface area contributed by atoms with Crippen LogP contribution in [0.4, 0.5) is 13.2 Å². The van der Waals surface area contributed by atoms with Crippen molar-refractivity contribution in [2.75, 3.05) is 0 Å². The molecule has 0 aliphatic heterocycles. The van der Waals surface area contributed by atoms with Gasteiger partial charge < -0.3 is 4.74 Å². The van der Waals surface area contributed by atoms with Gasteiger partial charge in [0.15, 0.2) is 5.75 Å². The lowest BCUT2D eigenvalue weighted by molar-refractivity contribution is -0.137. The molecular weight excluding hydrogens is 249 g/mol. The van der Waals surface area contributed by atoms with Crippen LogP contribution in [0.25, 0.3) is 0 Å². The lowest BCUT2D eigenvalue weighted by Crippen LogP contribution is -2.06. The topological polar surface area (TPSA) is 55.0 Å². The Morgan fingerprint density at radius 2 is 1.78 bits per heavy atom. The highest BCUT2D eigenvalue weighted by molar-refractivity contribution is 5.32. The molecular formula is C11H7F3N2O2. The van der Waals surface area contributed by atoms with Crippen LogP contribution in [0.2, 0.25) is 0 Å². The second-order valence-electron chi connectivity index (χ2n) is 3.41. The molecule has 0 aliphatic rings. The van der Waals surface area contributed by atoms with Crippen molar-refractivity contribution >= 4 is 0 Å². The minimum Gasteiger partial charge on any atom is -0.455 e. The number of nitrogens with one attached hydrogen (secondary N) is 1. The highest BCUT2D eigenvalue weighted by Gasteiger charge is 2.30. The fourth-order valence-electron chi connectivity index (χ4n) is 1.26. The third-order valence-corrected chi connectivity index (χ3v) is 2.06. The average Bonchev–Trinajstić information content (AvgIpc) is 2.28. The van der Waals surface area contributed by atoms with E-state index in [1.165, 1.54) is 18.3 Å². The van der Waals surface area contributed by atoms with Crippen molar-refractivity contribution in [2.24, 2.45) is 0 Å². The van der Waals surface area contributed by atoms with Gasteiger partial charge in [-0.1, -0.05) is 0 Å². The highest BCUT2D eigenvalue weighted by Crippen LogP contribution is 2.31. The van der Waals surface area contributed by atoms with Gasteiger partial charge in [-0.3, -0.25) is 4.79 Å². The summed E-state index contributed by atoms with van der Waals surface area (Å²) in [5, 5.41) is 5.65. The van der Waals surface area contributed by atoms with Crippen LogP contribution in [0.5, 0.6) is 11.5 Å². The molecule has 0 saturated heterocycles. The molecule has 0 aliphatic carbocycles. The van der Waals surface area contributed by atoms with E-state index in [4.69, 9.17) is 4.74 Å².